The molecule has 0 fully saturated rings. The standard InChI is InChI=1S/C19H26N2O10/c1-5-6-16(31-21(26)27)29-13-8-7-12(17(23)24)11-14(13)28-15(22)9-10-20-18(25)30-19(2,3)4/h7-8,11,16H,5-6,9-10H2,1-4H3,(H,20,25)(H,23,24). The molecule has 12 nitrogen and oxygen atoms in total. The summed E-state index contributed by atoms with van der Waals surface area (Å²) in [5.74, 6) is -2.44. The molecule has 0 spiro atoms. The molecule has 0 heterocycles. The molecule has 1 rings (SSSR count). The van der Waals surface area contributed by atoms with Gasteiger partial charge in [0.2, 0.25) is 6.29 Å². The van der Waals surface area contributed by atoms with Crippen LogP contribution in [0.4, 0.5) is 4.79 Å². The van der Waals surface area contributed by atoms with Gasteiger partial charge in [-0.1, -0.05) is 13.3 Å². The number of benzene rings is 1. The molecular weight excluding hydrogens is 416 g/mol. The van der Waals surface area contributed by atoms with E-state index >= 15 is 0 Å². The second-order valence-electron chi connectivity index (χ2n) is 7.28. The quantitative estimate of drug-likeness (QED) is 0.171. The Morgan fingerprint density at radius 1 is 1.23 bits per heavy atom. The Hall–Kier alpha value is -3.57. The molecule has 12 heteroatoms. The van der Waals surface area contributed by atoms with Crippen molar-refractivity contribution in [2.75, 3.05) is 6.54 Å². The number of rotatable bonds is 11. The van der Waals surface area contributed by atoms with E-state index in [1.165, 1.54) is 12.1 Å². The first-order valence-corrected chi connectivity index (χ1v) is 9.44. The number of carbonyl (C=O) groups is 3. The minimum atomic E-state index is -1.28. The third-order valence-electron chi connectivity index (χ3n) is 3.40. The average Bonchev–Trinajstić information content (AvgIpc) is 2.61. The van der Waals surface area contributed by atoms with Crippen molar-refractivity contribution in [3.8, 4) is 11.5 Å². The van der Waals surface area contributed by atoms with E-state index in [1.54, 1.807) is 27.7 Å². The van der Waals surface area contributed by atoms with Gasteiger partial charge in [0.05, 0.1) is 12.0 Å². The first-order chi connectivity index (χ1) is 14.4. The molecule has 0 saturated carbocycles. The van der Waals surface area contributed by atoms with Gasteiger partial charge in [-0.3, -0.25) is 9.63 Å². The summed E-state index contributed by atoms with van der Waals surface area (Å²) in [6, 6.07) is 3.44. The number of hydrogen-bond donors (Lipinski definition) is 2. The van der Waals surface area contributed by atoms with Crippen LogP contribution in [0.15, 0.2) is 18.2 Å². The predicted octanol–water partition coefficient (Wildman–Crippen LogP) is 2.92. The van der Waals surface area contributed by atoms with Crippen molar-refractivity contribution in [1.82, 2.24) is 5.32 Å². The molecule has 0 radical (unpaired) electrons. The molecule has 0 bridgehead atoms. The Morgan fingerprint density at radius 2 is 1.90 bits per heavy atom. The maximum atomic E-state index is 12.1. The average molecular weight is 442 g/mol. The van der Waals surface area contributed by atoms with Gasteiger partial charge in [-0.25, -0.2) is 9.59 Å². The number of carbonyl (C=O) groups excluding carboxylic acids is 2. The Kier molecular flexibility index (Phi) is 9.51. The van der Waals surface area contributed by atoms with Gasteiger partial charge in [0, 0.05) is 13.0 Å². The lowest BCUT2D eigenvalue weighted by molar-refractivity contribution is -0.778. The summed E-state index contributed by atoms with van der Waals surface area (Å²) in [6.07, 6.45) is -1.58. The largest absolute Gasteiger partial charge is 0.478 e. The van der Waals surface area contributed by atoms with Crippen molar-refractivity contribution in [2.24, 2.45) is 0 Å². The Balaban J connectivity index is 2.86. The van der Waals surface area contributed by atoms with E-state index in [0.717, 1.165) is 6.07 Å². The van der Waals surface area contributed by atoms with Gasteiger partial charge in [0.25, 0.3) is 5.09 Å². The smallest absolute Gasteiger partial charge is 0.407 e. The van der Waals surface area contributed by atoms with Crippen LogP contribution in [0.2, 0.25) is 0 Å². The highest BCUT2D eigenvalue weighted by Crippen LogP contribution is 2.30. The normalized spacial score (nSPS) is 11.7. The third-order valence-corrected chi connectivity index (χ3v) is 3.40. The number of hydrogen-bond acceptors (Lipinski definition) is 9. The van der Waals surface area contributed by atoms with Crippen molar-refractivity contribution in [3.63, 3.8) is 0 Å². The highest BCUT2D eigenvalue weighted by atomic mass is 17.0. The van der Waals surface area contributed by atoms with Crippen molar-refractivity contribution >= 4 is 18.0 Å². The number of carboxylic acid groups (broad SMARTS) is 1. The van der Waals surface area contributed by atoms with Gasteiger partial charge in [-0.15, -0.1) is 10.1 Å². The summed E-state index contributed by atoms with van der Waals surface area (Å²) in [6.45, 7) is 6.72. The topological polar surface area (TPSA) is 164 Å². The second-order valence-corrected chi connectivity index (χ2v) is 7.28. The summed E-state index contributed by atoms with van der Waals surface area (Å²) < 4.78 is 15.6. The summed E-state index contributed by atoms with van der Waals surface area (Å²) in [4.78, 5) is 50.1. The third kappa shape index (κ3) is 10.1. The number of amides is 1. The van der Waals surface area contributed by atoms with Crippen LogP contribution >= 0.6 is 0 Å². The van der Waals surface area contributed by atoms with Crippen molar-refractivity contribution < 1.29 is 43.6 Å². The van der Waals surface area contributed by atoms with E-state index in [-0.39, 0.29) is 36.4 Å². The van der Waals surface area contributed by atoms with Crippen LogP contribution in [0.1, 0.15) is 57.3 Å². The molecule has 172 valence electrons. The van der Waals surface area contributed by atoms with Crippen molar-refractivity contribution in [2.45, 2.75) is 58.8 Å². The highest BCUT2D eigenvalue weighted by molar-refractivity contribution is 5.89. The lowest BCUT2D eigenvalue weighted by Gasteiger charge is -2.20. The summed E-state index contributed by atoms with van der Waals surface area (Å²) in [7, 11) is 0. The molecule has 0 aliphatic rings. The summed E-state index contributed by atoms with van der Waals surface area (Å²) in [5.41, 5.74) is -0.890. The number of ether oxygens (including phenoxy) is 3. The number of esters is 1. The van der Waals surface area contributed by atoms with Gasteiger partial charge < -0.3 is 24.6 Å². The van der Waals surface area contributed by atoms with Crippen LogP contribution < -0.4 is 14.8 Å². The molecular formula is C19H26N2O10. The maximum absolute atomic E-state index is 12.1. The lowest BCUT2D eigenvalue weighted by atomic mass is 10.2. The van der Waals surface area contributed by atoms with E-state index in [4.69, 9.17) is 19.3 Å². The molecule has 0 saturated heterocycles. The fraction of sp³-hybridized carbons (Fsp3) is 0.526. The molecule has 0 aromatic heterocycles. The van der Waals surface area contributed by atoms with E-state index < -0.39 is 35.0 Å². The molecule has 1 unspecified atom stereocenters. The first-order valence-electron chi connectivity index (χ1n) is 9.44. The summed E-state index contributed by atoms with van der Waals surface area (Å²) in [5, 5.41) is 21.2. The molecule has 1 atom stereocenters. The molecule has 2 N–H and O–H groups in total. The fourth-order valence-corrected chi connectivity index (χ4v) is 2.18. The zero-order chi connectivity index (χ0) is 23.6. The fourth-order valence-electron chi connectivity index (χ4n) is 2.18. The van der Waals surface area contributed by atoms with Crippen LogP contribution in [0.5, 0.6) is 11.5 Å². The molecule has 31 heavy (non-hydrogen) atoms. The zero-order valence-corrected chi connectivity index (χ0v) is 17.7. The zero-order valence-electron chi connectivity index (χ0n) is 17.7. The number of nitrogens with zero attached hydrogens (tertiary/aromatic N) is 1. The monoisotopic (exact) mass is 442 g/mol. The van der Waals surface area contributed by atoms with Crippen molar-refractivity contribution in [3.05, 3.63) is 33.9 Å². The second kappa shape index (κ2) is 11.6. The van der Waals surface area contributed by atoms with E-state index in [2.05, 4.69) is 10.2 Å². The molecule has 0 aliphatic carbocycles. The molecule has 1 amide bonds. The number of aromatic carboxylic acids is 1. The Labute approximate surface area is 178 Å². The van der Waals surface area contributed by atoms with Crippen LogP contribution in [0.3, 0.4) is 0 Å². The van der Waals surface area contributed by atoms with Crippen molar-refractivity contribution in [1.29, 1.82) is 0 Å². The number of alkyl carbamates (subject to hydrolysis) is 1. The van der Waals surface area contributed by atoms with Gasteiger partial charge in [0.1, 0.15) is 5.60 Å². The Bertz CT molecular complexity index is 803. The molecule has 1 aromatic rings. The predicted molar refractivity (Wildman–Crippen MR) is 105 cm³/mol. The summed E-state index contributed by atoms with van der Waals surface area (Å²) >= 11 is 0. The van der Waals surface area contributed by atoms with Gasteiger partial charge in [-0.2, -0.15) is 0 Å². The van der Waals surface area contributed by atoms with Crippen LogP contribution in [-0.4, -0.2) is 46.7 Å². The van der Waals surface area contributed by atoms with E-state index in [0.29, 0.717) is 6.42 Å². The van der Waals surface area contributed by atoms with Gasteiger partial charge in [0.15, 0.2) is 11.5 Å². The minimum absolute atomic E-state index is 0.0918. The SMILES string of the molecule is CCCC(Oc1ccc(C(=O)O)cc1OC(=O)CCNC(=O)OC(C)(C)C)O[N+](=O)[O-]. The minimum Gasteiger partial charge on any atom is -0.478 e. The number of carboxylic acids is 1. The lowest BCUT2D eigenvalue weighted by Crippen LogP contribution is -2.34. The van der Waals surface area contributed by atoms with Gasteiger partial charge >= 0.3 is 18.0 Å². The maximum Gasteiger partial charge on any atom is 0.407 e. The first kappa shape index (κ1) is 25.5. The van der Waals surface area contributed by atoms with Crippen LogP contribution in [0, 0.1) is 10.1 Å². The van der Waals surface area contributed by atoms with E-state index in [1.807, 2.05) is 0 Å². The molecule has 1 aromatic carbocycles. The Morgan fingerprint density at radius 3 is 2.45 bits per heavy atom. The van der Waals surface area contributed by atoms with Gasteiger partial charge in [-0.05, 0) is 39.0 Å². The number of nitrogens with one attached hydrogen (secondary N) is 1. The van der Waals surface area contributed by atoms with Crippen LogP contribution in [-0.2, 0) is 14.4 Å². The highest BCUT2D eigenvalue weighted by Gasteiger charge is 2.20. The van der Waals surface area contributed by atoms with E-state index in [9.17, 15) is 24.5 Å². The van der Waals surface area contributed by atoms with Crippen LogP contribution in [0.25, 0.3) is 0 Å². The molecule has 0 aliphatic heterocycles.